The van der Waals surface area contributed by atoms with Gasteiger partial charge in [-0.05, 0) is 24.3 Å². The third-order valence-electron chi connectivity index (χ3n) is 2.92. The van der Waals surface area contributed by atoms with Crippen molar-refractivity contribution in [2.45, 2.75) is 32.9 Å². The van der Waals surface area contributed by atoms with E-state index in [-0.39, 0.29) is 5.56 Å². The second-order valence-corrected chi connectivity index (χ2v) is 5.25. The molecule has 0 aliphatic heterocycles. The van der Waals surface area contributed by atoms with Crippen LogP contribution in [0.5, 0.6) is 0 Å². The van der Waals surface area contributed by atoms with E-state index in [2.05, 4.69) is 19.2 Å². The van der Waals surface area contributed by atoms with E-state index < -0.39 is 17.7 Å². The Hall–Kier alpha value is -1.78. The number of benzene rings is 1. The van der Waals surface area contributed by atoms with E-state index in [0.29, 0.717) is 18.5 Å². The quantitative estimate of drug-likeness (QED) is 0.619. The highest BCUT2D eigenvalue weighted by Crippen LogP contribution is 2.33. The molecular formula is C16H20F3NO. The number of rotatable bonds is 6. The first-order valence-corrected chi connectivity index (χ1v) is 6.93. The first kappa shape index (κ1) is 17.3. The lowest BCUT2D eigenvalue weighted by atomic mass is 10.0. The normalized spacial score (nSPS) is 12.6. The third kappa shape index (κ3) is 6.47. The summed E-state index contributed by atoms with van der Waals surface area (Å²) in [4.78, 5) is 11.6. The van der Waals surface area contributed by atoms with Crippen LogP contribution in [0.3, 0.4) is 0 Å². The van der Waals surface area contributed by atoms with Gasteiger partial charge in [-0.3, -0.25) is 4.79 Å². The Morgan fingerprint density at radius 1 is 1.24 bits per heavy atom. The Morgan fingerprint density at radius 2 is 1.86 bits per heavy atom. The minimum Gasteiger partial charge on any atom is -0.353 e. The predicted molar refractivity (Wildman–Crippen MR) is 77.6 cm³/mol. The number of alkyl halides is 3. The highest BCUT2D eigenvalue weighted by molar-refractivity contribution is 5.96. The molecule has 0 saturated carbocycles. The SMILES string of the molecule is CC(C)CCCNC(=O)/C=C(/c1ccccc1)C(F)(F)F. The molecule has 0 saturated heterocycles. The zero-order chi connectivity index (χ0) is 15.9. The summed E-state index contributed by atoms with van der Waals surface area (Å²) in [5, 5.41) is 2.50. The molecule has 1 aromatic rings. The van der Waals surface area contributed by atoms with Gasteiger partial charge in [-0.25, -0.2) is 0 Å². The van der Waals surface area contributed by atoms with Gasteiger partial charge < -0.3 is 5.32 Å². The maximum atomic E-state index is 13.0. The Bertz CT molecular complexity index is 478. The molecule has 0 heterocycles. The molecule has 116 valence electrons. The van der Waals surface area contributed by atoms with Crippen molar-refractivity contribution in [3.63, 3.8) is 0 Å². The van der Waals surface area contributed by atoms with Gasteiger partial charge in [-0.1, -0.05) is 44.2 Å². The smallest absolute Gasteiger partial charge is 0.353 e. The van der Waals surface area contributed by atoms with Gasteiger partial charge in [0.1, 0.15) is 0 Å². The van der Waals surface area contributed by atoms with E-state index in [4.69, 9.17) is 0 Å². The van der Waals surface area contributed by atoms with Crippen LogP contribution in [-0.4, -0.2) is 18.6 Å². The maximum absolute atomic E-state index is 13.0. The monoisotopic (exact) mass is 299 g/mol. The zero-order valence-corrected chi connectivity index (χ0v) is 12.2. The average molecular weight is 299 g/mol. The molecule has 1 N–H and O–H groups in total. The van der Waals surface area contributed by atoms with Crippen molar-refractivity contribution < 1.29 is 18.0 Å². The lowest BCUT2D eigenvalue weighted by molar-refractivity contribution is -0.117. The fourth-order valence-corrected chi connectivity index (χ4v) is 1.85. The summed E-state index contributed by atoms with van der Waals surface area (Å²) in [6.07, 6.45) is -2.25. The number of hydrogen-bond acceptors (Lipinski definition) is 1. The van der Waals surface area contributed by atoms with Crippen molar-refractivity contribution in [3.8, 4) is 0 Å². The highest BCUT2D eigenvalue weighted by atomic mass is 19.4. The summed E-state index contributed by atoms with van der Waals surface area (Å²) in [6.45, 7) is 4.49. The molecule has 0 radical (unpaired) electrons. The number of nitrogens with one attached hydrogen (secondary N) is 1. The van der Waals surface area contributed by atoms with Crippen molar-refractivity contribution in [1.82, 2.24) is 5.32 Å². The molecule has 21 heavy (non-hydrogen) atoms. The Morgan fingerprint density at radius 3 is 2.38 bits per heavy atom. The molecule has 2 nitrogen and oxygen atoms in total. The topological polar surface area (TPSA) is 29.1 Å². The molecule has 0 aliphatic rings. The van der Waals surface area contributed by atoms with Crippen LogP contribution in [-0.2, 0) is 4.79 Å². The van der Waals surface area contributed by atoms with Gasteiger partial charge in [0, 0.05) is 12.6 Å². The van der Waals surface area contributed by atoms with Crippen LogP contribution in [0.1, 0.15) is 32.3 Å². The van der Waals surface area contributed by atoms with Gasteiger partial charge in [0.2, 0.25) is 5.91 Å². The molecule has 1 aromatic carbocycles. The van der Waals surface area contributed by atoms with E-state index in [0.717, 1.165) is 12.8 Å². The van der Waals surface area contributed by atoms with Gasteiger partial charge >= 0.3 is 6.18 Å². The first-order chi connectivity index (χ1) is 9.80. The van der Waals surface area contributed by atoms with Gasteiger partial charge in [0.25, 0.3) is 0 Å². The summed E-state index contributed by atoms with van der Waals surface area (Å²) in [5.41, 5.74) is -0.938. The molecule has 1 amide bonds. The summed E-state index contributed by atoms with van der Waals surface area (Å²) in [6, 6.07) is 7.32. The summed E-state index contributed by atoms with van der Waals surface area (Å²) < 4.78 is 39.0. The predicted octanol–water partition coefficient (Wildman–Crippen LogP) is 4.18. The lowest BCUT2D eigenvalue weighted by Gasteiger charge is -2.12. The van der Waals surface area contributed by atoms with Gasteiger partial charge in [0.05, 0.1) is 5.57 Å². The van der Waals surface area contributed by atoms with Crippen LogP contribution in [0.4, 0.5) is 13.2 Å². The van der Waals surface area contributed by atoms with E-state index in [1.165, 1.54) is 24.3 Å². The van der Waals surface area contributed by atoms with Crippen molar-refractivity contribution >= 4 is 11.5 Å². The van der Waals surface area contributed by atoms with Gasteiger partial charge in [0.15, 0.2) is 0 Å². The second kappa shape index (κ2) is 7.86. The fourth-order valence-electron chi connectivity index (χ4n) is 1.85. The van der Waals surface area contributed by atoms with Crippen LogP contribution in [0.25, 0.3) is 5.57 Å². The van der Waals surface area contributed by atoms with E-state index in [9.17, 15) is 18.0 Å². The number of carbonyl (C=O) groups excluding carboxylic acids is 1. The van der Waals surface area contributed by atoms with Crippen LogP contribution >= 0.6 is 0 Å². The highest BCUT2D eigenvalue weighted by Gasteiger charge is 2.35. The van der Waals surface area contributed by atoms with Crippen molar-refractivity contribution in [2.24, 2.45) is 5.92 Å². The largest absolute Gasteiger partial charge is 0.417 e. The number of carbonyl (C=O) groups is 1. The average Bonchev–Trinajstić information content (AvgIpc) is 2.40. The third-order valence-corrected chi connectivity index (χ3v) is 2.92. The number of hydrogen-bond donors (Lipinski definition) is 1. The van der Waals surface area contributed by atoms with E-state index in [1.807, 2.05) is 0 Å². The molecule has 0 fully saturated rings. The van der Waals surface area contributed by atoms with Crippen LogP contribution in [0.15, 0.2) is 36.4 Å². The van der Waals surface area contributed by atoms with Crippen LogP contribution in [0, 0.1) is 5.92 Å². The van der Waals surface area contributed by atoms with E-state index >= 15 is 0 Å². The molecule has 0 unspecified atom stereocenters. The fraction of sp³-hybridized carbons (Fsp3) is 0.438. The second-order valence-electron chi connectivity index (χ2n) is 5.25. The number of amides is 1. The van der Waals surface area contributed by atoms with E-state index in [1.54, 1.807) is 6.07 Å². The number of allylic oxidation sites excluding steroid dienone is 1. The maximum Gasteiger partial charge on any atom is 0.417 e. The zero-order valence-electron chi connectivity index (χ0n) is 12.2. The summed E-state index contributed by atoms with van der Waals surface area (Å²) in [5.74, 6) is -0.206. The minimum absolute atomic E-state index is 0.0117. The Labute approximate surface area is 123 Å². The van der Waals surface area contributed by atoms with Crippen LogP contribution in [0.2, 0.25) is 0 Å². The molecule has 0 atom stereocenters. The van der Waals surface area contributed by atoms with Crippen molar-refractivity contribution in [2.75, 3.05) is 6.54 Å². The van der Waals surface area contributed by atoms with Crippen molar-refractivity contribution in [1.29, 1.82) is 0 Å². The Balaban J connectivity index is 2.73. The first-order valence-electron chi connectivity index (χ1n) is 6.93. The molecule has 5 heteroatoms. The molecule has 0 aliphatic carbocycles. The Kier molecular flexibility index (Phi) is 6.46. The van der Waals surface area contributed by atoms with Crippen molar-refractivity contribution in [3.05, 3.63) is 42.0 Å². The van der Waals surface area contributed by atoms with Gasteiger partial charge in [-0.2, -0.15) is 13.2 Å². The molecule has 1 rings (SSSR count). The number of halogens is 3. The molecular weight excluding hydrogens is 279 g/mol. The summed E-state index contributed by atoms with van der Waals surface area (Å²) in [7, 11) is 0. The van der Waals surface area contributed by atoms with Crippen LogP contribution < -0.4 is 5.32 Å². The standard InChI is InChI=1S/C16H20F3NO/c1-12(2)7-6-10-20-15(21)11-14(16(17,18)19)13-8-4-3-5-9-13/h3-5,8-9,11-12H,6-7,10H2,1-2H3,(H,20,21)/b14-11-. The summed E-state index contributed by atoms with van der Waals surface area (Å²) >= 11 is 0. The molecule has 0 spiro atoms. The minimum atomic E-state index is -4.56. The molecule has 0 bridgehead atoms. The lowest BCUT2D eigenvalue weighted by Crippen LogP contribution is -2.24. The van der Waals surface area contributed by atoms with Gasteiger partial charge in [-0.15, -0.1) is 0 Å². The molecule has 0 aromatic heterocycles.